The number of fused-ring (bicyclic) bond motifs is 7. The molecule has 3 aromatic heterocycles. The van der Waals surface area contributed by atoms with E-state index in [1.807, 2.05) is 6.92 Å². The highest BCUT2D eigenvalue weighted by molar-refractivity contribution is 5.71. The van der Waals surface area contributed by atoms with Crippen LogP contribution in [0.3, 0.4) is 0 Å². The number of hydrogen-bond acceptors (Lipinski definition) is 6. The zero-order valence-corrected chi connectivity index (χ0v) is 17.5. The second-order valence-corrected chi connectivity index (χ2v) is 7.64. The van der Waals surface area contributed by atoms with E-state index in [2.05, 4.69) is 20.3 Å². The van der Waals surface area contributed by atoms with Crippen LogP contribution in [0.5, 0.6) is 5.75 Å². The van der Waals surface area contributed by atoms with Gasteiger partial charge in [0.1, 0.15) is 17.7 Å². The summed E-state index contributed by atoms with van der Waals surface area (Å²) < 4.78 is 36.3. The topological polar surface area (TPSA) is 91.7 Å². The number of halogens is 2. The molecule has 0 spiro atoms. The molecule has 4 heterocycles. The first-order valence-electron chi connectivity index (χ1n) is 10.2. The summed E-state index contributed by atoms with van der Waals surface area (Å²) in [6.45, 7) is 4.33. The number of pyridine rings is 2. The summed E-state index contributed by atoms with van der Waals surface area (Å²) in [4.78, 5) is 8.64. The number of nitrogens with zero attached hydrogens (tertiary/aromatic N) is 5. The van der Waals surface area contributed by atoms with E-state index >= 15 is 0 Å². The van der Waals surface area contributed by atoms with Crippen molar-refractivity contribution >= 4 is 5.82 Å². The average Bonchev–Trinajstić information content (AvgIpc) is 3.17. The normalized spacial score (nSPS) is 14.9. The van der Waals surface area contributed by atoms with Crippen molar-refractivity contribution in [1.29, 1.82) is 0 Å². The molecule has 1 aliphatic heterocycles. The highest BCUT2D eigenvalue weighted by Gasteiger charge is 2.24. The minimum absolute atomic E-state index is 0.216. The van der Waals surface area contributed by atoms with E-state index in [1.165, 1.54) is 18.2 Å². The molecule has 1 atom stereocenters. The first-order valence-corrected chi connectivity index (χ1v) is 10.2. The van der Waals surface area contributed by atoms with Crippen LogP contribution < -0.4 is 10.5 Å². The highest BCUT2D eigenvalue weighted by Crippen LogP contribution is 2.37. The molecule has 2 bridgehead atoms. The van der Waals surface area contributed by atoms with E-state index in [4.69, 9.17) is 10.5 Å². The highest BCUT2D eigenvalue weighted by atomic mass is 19.1. The maximum Gasteiger partial charge on any atom is 0.166 e. The van der Waals surface area contributed by atoms with Gasteiger partial charge in [0, 0.05) is 35.9 Å². The lowest BCUT2D eigenvalue weighted by Crippen LogP contribution is -2.10. The Hall–Kier alpha value is -3.88. The first kappa shape index (κ1) is 20.0. The number of nitrogens with two attached hydrogens (primary N) is 1. The Kier molecular flexibility index (Phi) is 4.80. The van der Waals surface area contributed by atoms with Gasteiger partial charge in [-0.1, -0.05) is 5.21 Å². The van der Waals surface area contributed by atoms with Crippen LogP contribution >= 0.6 is 0 Å². The molecule has 1 aromatic carbocycles. The van der Waals surface area contributed by atoms with Gasteiger partial charge in [-0.25, -0.2) is 18.4 Å². The Labute approximate surface area is 182 Å². The Morgan fingerprint density at radius 3 is 2.78 bits per heavy atom. The molecule has 0 aliphatic carbocycles. The summed E-state index contributed by atoms with van der Waals surface area (Å²) in [5, 5.41) is 8.60. The lowest BCUT2D eigenvalue weighted by molar-refractivity contribution is 0.227. The number of aromatic nitrogens is 5. The van der Waals surface area contributed by atoms with Crippen molar-refractivity contribution in [3.8, 4) is 28.3 Å². The van der Waals surface area contributed by atoms with Crippen LogP contribution in [0.2, 0.25) is 0 Å². The molecule has 2 N–H and O–H groups in total. The van der Waals surface area contributed by atoms with Gasteiger partial charge in [0.25, 0.3) is 0 Å². The zero-order valence-electron chi connectivity index (χ0n) is 17.5. The molecule has 0 saturated carbocycles. The largest absolute Gasteiger partial charge is 0.482 e. The van der Waals surface area contributed by atoms with Crippen molar-refractivity contribution < 1.29 is 13.5 Å². The maximum atomic E-state index is 14.2. The molecule has 0 fully saturated rings. The molecule has 5 rings (SSSR count). The van der Waals surface area contributed by atoms with Gasteiger partial charge in [0.2, 0.25) is 0 Å². The predicted molar refractivity (Wildman–Crippen MR) is 115 cm³/mol. The van der Waals surface area contributed by atoms with Crippen molar-refractivity contribution in [1.82, 2.24) is 25.0 Å². The second-order valence-electron chi connectivity index (χ2n) is 7.64. The third kappa shape index (κ3) is 3.35. The van der Waals surface area contributed by atoms with E-state index in [9.17, 15) is 8.78 Å². The monoisotopic (exact) mass is 434 g/mol. The molecule has 7 nitrogen and oxygen atoms in total. The number of hydrogen-bond donors (Lipinski definition) is 1. The fourth-order valence-corrected chi connectivity index (χ4v) is 4.06. The minimum atomic E-state index is -0.576. The summed E-state index contributed by atoms with van der Waals surface area (Å²) in [6.07, 6.45) is 2.48. The lowest BCUT2D eigenvalue weighted by Gasteiger charge is -2.21. The maximum absolute atomic E-state index is 14.2. The molecule has 4 aromatic rings. The quantitative estimate of drug-likeness (QED) is 0.480. The molecule has 0 unspecified atom stereocenters. The van der Waals surface area contributed by atoms with Gasteiger partial charge in [-0.05, 0) is 49.7 Å². The molecule has 0 amide bonds. The van der Waals surface area contributed by atoms with Crippen molar-refractivity contribution in [3.63, 3.8) is 0 Å². The van der Waals surface area contributed by atoms with Gasteiger partial charge in [-0.2, -0.15) is 0 Å². The van der Waals surface area contributed by atoms with E-state index < -0.39 is 17.7 Å². The molecular formula is C23H20F2N6O. The molecule has 0 radical (unpaired) electrons. The second kappa shape index (κ2) is 7.67. The Bertz CT molecular complexity index is 1340. The van der Waals surface area contributed by atoms with Gasteiger partial charge < -0.3 is 10.5 Å². The summed E-state index contributed by atoms with van der Waals surface area (Å²) in [6, 6.07) is 7.57. The number of benzene rings is 1. The Morgan fingerprint density at radius 1 is 1.12 bits per heavy atom. The van der Waals surface area contributed by atoms with Crippen molar-refractivity contribution in [2.45, 2.75) is 32.9 Å². The van der Waals surface area contributed by atoms with E-state index in [1.54, 1.807) is 29.9 Å². The standard InChI is InChI=1S/C23H20F2N6O/c1-3-31-22-14-8-20(23(26)28-10-14)32-12(2)18-9-15(24)4-5-17(18)21-13(6-16(25)11-27-21)7-19(22)29-30-31/h4-6,8-12H,3,7H2,1-2H3,(H2,26,28)/t12-/m1/s1. The van der Waals surface area contributed by atoms with Gasteiger partial charge in [0.15, 0.2) is 11.6 Å². The zero-order chi connectivity index (χ0) is 22.4. The summed E-state index contributed by atoms with van der Waals surface area (Å²) in [5.74, 6) is -0.297. The molecule has 32 heavy (non-hydrogen) atoms. The van der Waals surface area contributed by atoms with Crippen LogP contribution in [0.4, 0.5) is 14.6 Å². The predicted octanol–water partition coefficient (Wildman–Crippen LogP) is 4.33. The van der Waals surface area contributed by atoms with Crippen LogP contribution in [0.1, 0.15) is 36.8 Å². The number of rotatable bonds is 1. The third-order valence-corrected chi connectivity index (χ3v) is 5.56. The van der Waals surface area contributed by atoms with E-state index in [0.29, 0.717) is 45.9 Å². The van der Waals surface area contributed by atoms with Crippen LogP contribution in [0.15, 0.2) is 42.7 Å². The van der Waals surface area contributed by atoms with Gasteiger partial charge in [-0.15, -0.1) is 5.10 Å². The molecule has 162 valence electrons. The summed E-state index contributed by atoms with van der Waals surface area (Å²) >= 11 is 0. The number of aryl methyl sites for hydroxylation is 1. The number of ether oxygens (including phenoxy) is 1. The van der Waals surface area contributed by atoms with Crippen molar-refractivity contribution in [3.05, 3.63) is 71.2 Å². The number of anilines is 1. The first-order chi connectivity index (χ1) is 15.4. The fraction of sp³-hybridized carbons (Fsp3) is 0.217. The molecule has 0 saturated heterocycles. The average molecular weight is 434 g/mol. The van der Waals surface area contributed by atoms with Crippen LogP contribution in [-0.2, 0) is 13.0 Å². The van der Waals surface area contributed by atoms with Crippen LogP contribution in [0, 0.1) is 11.6 Å². The minimum Gasteiger partial charge on any atom is -0.482 e. The smallest absolute Gasteiger partial charge is 0.166 e. The van der Waals surface area contributed by atoms with Gasteiger partial charge >= 0.3 is 0 Å². The van der Waals surface area contributed by atoms with Crippen LogP contribution in [-0.4, -0.2) is 25.0 Å². The molecular weight excluding hydrogens is 414 g/mol. The van der Waals surface area contributed by atoms with E-state index in [0.717, 1.165) is 11.9 Å². The lowest BCUT2D eigenvalue weighted by atomic mass is 9.94. The van der Waals surface area contributed by atoms with Gasteiger partial charge in [0.05, 0.1) is 23.3 Å². The van der Waals surface area contributed by atoms with Crippen molar-refractivity contribution in [2.24, 2.45) is 0 Å². The summed E-state index contributed by atoms with van der Waals surface area (Å²) in [5.41, 5.74) is 10.5. The van der Waals surface area contributed by atoms with Gasteiger partial charge in [-0.3, -0.25) is 4.98 Å². The Balaban J connectivity index is 1.83. The van der Waals surface area contributed by atoms with E-state index in [-0.39, 0.29) is 12.2 Å². The Morgan fingerprint density at radius 2 is 1.97 bits per heavy atom. The van der Waals surface area contributed by atoms with Crippen molar-refractivity contribution in [2.75, 3.05) is 5.73 Å². The molecule has 1 aliphatic rings. The third-order valence-electron chi connectivity index (χ3n) is 5.56. The van der Waals surface area contributed by atoms with Crippen LogP contribution in [0.25, 0.3) is 22.5 Å². The number of nitrogen functional groups attached to an aromatic ring is 1. The fourth-order valence-electron chi connectivity index (χ4n) is 4.06. The summed E-state index contributed by atoms with van der Waals surface area (Å²) in [7, 11) is 0. The SMILES string of the molecule is CCn1nnc2c1-c1cnc(N)c(c1)O[C@H](C)c1cc(F)ccc1-c1ncc(F)cc1C2. The molecule has 9 heteroatoms.